The van der Waals surface area contributed by atoms with E-state index >= 15 is 0 Å². The molecule has 1 heterocycles. The SMILES string of the molecule is COc1ccc(OC)c(S(=O)(=O)N2CCC[C@@H](C(=O)NCc3ccc(Cl)cc3)C2)c1. The highest BCUT2D eigenvalue weighted by atomic mass is 35.5. The number of halogens is 1. The second-order valence-electron chi connectivity index (χ2n) is 7.06. The van der Waals surface area contributed by atoms with Crippen LogP contribution in [-0.4, -0.2) is 45.9 Å². The van der Waals surface area contributed by atoms with Gasteiger partial charge in [-0.25, -0.2) is 8.42 Å². The number of nitrogens with zero attached hydrogens (tertiary/aromatic N) is 1. The van der Waals surface area contributed by atoms with E-state index < -0.39 is 15.9 Å². The van der Waals surface area contributed by atoms with Crippen molar-refractivity contribution in [1.29, 1.82) is 0 Å². The number of rotatable bonds is 7. The summed E-state index contributed by atoms with van der Waals surface area (Å²) < 4.78 is 38.3. The van der Waals surface area contributed by atoms with Crippen LogP contribution in [0.25, 0.3) is 0 Å². The van der Waals surface area contributed by atoms with Gasteiger partial charge in [-0.15, -0.1) is 0 Å². The molecule has 1 fully saturated rings. The lowest BCUT2D eigenvalue weighted by Gasteiger charge is -2.31. The second-order valence-corrected chi connectivity index (χ2v) is 9.41. The molecule has 1 saturated heterocycles. The maximum atomic E-state index is 13.3. The topological polar surface area (TPSA) is 84.9 Å². The fraction of sp³-hybridized carbons (Fsp3) is 0.381. The van der Waals surface area contributed by atoms with E-state index in [1.807, 2.05) is 12.1 Å². The Hall–Kier alpha value is -2.29. The third-order valence-electron chi connectivity index (χ3n) is 5.12. The van der Waals surface area contributed by atoms with Crippen LogP contribution in [0.3, 0.4) is 0 Å². The molecule has 0 bridgehead atoms. The molecule has 0 aromatic heterocycles. The number of hydrogen-bond donors (Lipinski definition) is 1. The second kappa shape index (κ2) is 9.68. The van der Waals surface area contributed by atoms with Gasteiger partial charge in [-0.2, -0.15) is 4.31 Å². The lowest BCUT2D eigenvalue weighted by Crippen LogP contribution is -2.45. The number of ether oxygens (including phenoxy) is 2. The van der Waals surface area contributed by atoms with Crippen LogP contribution in [0.4, 0.5) is 0 Å². The molecule has 1 N–H and O–H groups in total. The van der Waals surface area contributed by atoms with Crippen LogP contribution in [0, 0.1) is 5.92 Å². The average molecular weight is 453 g/mol. The Balaban J connectivity index is 1.71. The number of sulfonamides is 1. The minimum atomic E-state index is -3.84. The first-order chi connectivity index (χ1) is 14.3. The predicted octanol–water partition coefficient (Wildman–Crippen LogP) is 3.07. The Morgan fingerprint density at radius 3 is 2.57 bits per heavy atom. The number of benzene rings is 2. The third kappa shape index (κ3) is 5.06. The fourth-order valence-corrected chi connectivity index (χ4v) is 5.26. The summed E-state index contributed by atoms with van der Waals surface area (Å²) in [5, 5.41) is 3.52. The van der Waals surface area contributed by atoms with Gasteiger partial charge >= 0.3 is 0 Å². The first-order valence-electron chi connectivity index (χ1n) is 9.59. The monoisotopic (exact) mass is 452 g/mol. The number of nitrogens with one attached hydrogen (secondary N) is 1. The number of piperidine rings is 1. The number of hydrogen-bond acceptors (Lipinski definition) is 5. The molecule has 2 aromatic rings. The summed E-state index contributed by atoms with van der Waals surface area (Å²) in [4.78, 5) is 12.7. The largest absolute Gasteiger partial charge is 0.497 e. The van der Waals surface area contributed by atoms with Gasteiger partial charge in [0.1, 0.15) is 16.4 Å². The standard InChI is InChI=1S/C21H25ClN2O5S/c1-28-18-9-10-19(29-2)20(12-18)30(26,27)24-11-3-4-16(14-24)21(25)23-13-15-5-7-17(22)8-6-15/h5-10,12,16H,3-4,11,13-14H2,1-2H3,(H,23,25)/t16-/m1/s1. The van der Waals surface area contributed by atoms with Crippen molar-refractivity contribution in [1.82, 2.24) is 9.62 Å². The van der Waals surface area contributed by atoms with E-state index in [4.69, 9.17) is 21.1 Å². The summed E-state index contributed by atoms with van der Waals surface area (Å²) in [5.74, 6) is 0.0774. The minimum absolute atomic E-state index is 0.0339. The van der Waals surface area contributed by atoms with E-state index in [1.165, 1.54) is 24.6 Å². The molecule has 162 valence electrons. The average Bonchev–Trinajstić information content (AvgIpc) is 2.78. The highest BCUT2D eigenvalue weighted by Crippen LogP contribution is 2.32. The lowest BCUT2D eigenvalue weighted by atomic mass is 9.99. The fourth-order valence-electron chi connectivity index (χ4n) is 3.44. The van der Waals surface area contributed by atoms with Gasteiger partial charge in [0.05, 0.1) is 20.1 Å². The molecule has 1 atom stereocenters. The molecular formula is C21H25ClN2O5S. The van der Waals surface area contributed by atoms with Crippen molar-refractivity contribution in [2.24, 2.45) is 5.92 Å². The van der Waals surface area contributed by atoms with Crippen molar-refractivity contribution in [3.8, 4) is 11.5 Å². The summed E-state index contributed by atoms with van der Waals surface area (Å²) in [6.45, 7) is 0.835. The molecule has 3 rings (SSSR count). The third-order valence-corrected chi connectivity index (χ3v) is 7.26. The quantitative estimate of drug-likeness (QED) is 0.697. The summed E-state index contributed by atoms with van der Waals surface area (Å²) in [6.07, 6.45) is 1.23. The number of methoxy groups -OCH3 is 2. The molecule has 1 aliphatic heterocycles. The number of carbonyl (C=O) groups excluding carboxylic acids is 1. The van der Waals surface area contributed by atoms with Crippen molar-refractivity contribution < 1.29 is 22.7 Å². The summed E-state index contributed by atoms with van der Waals surface area (Å²) in [5.41, 5.74) is 0.925. The smallest absolute Gasteiger partial charge is 0.246 e. The van der Waals surface area contributed by atoms with Crippen LogP contribution in [0.15, 0.2) is 47.4 Å². The van der Waals surface area contributed by atoms with Crippen LogP contribution in [0.1, 0.15) is 18.4 Å². The zero-order chi connectivity index (χ0) is 21.7. The van der Waals surface area contributed by atoms with Crippen molar-refractivity contribution in [3.63, 3.8) is 0 Å². The Bertz CT molecular complexity index is 995. The van der Waals surface area contributed by atoms with Crippen LogP contribution >= 0.6 is 11.6 Å². The molecule has 30 heavy (non-hydrogen) atoms. The van der Waals surface area contributed by atoms with Gasteiger partial charge in [-0.3, -0.25) is 4.79 Å². The van der Waals surface area contributed by atoms with Gasteiger partial charge < -0.3 is 14.8 Å². The highest BCUT2D eigenvalue weighted by molar-refractivity contribution is 7.89. The first kappa shape index (κ1) is 22.4. The first-order valence-corrected chi connectivity index (χ1v) is 11.4. The van der Waals surface area contributed by atoms with Gasteiger partial charge in [-0.1, -0.05) is 23.7 Å². The molecule has 2 aromatic carbocycles. The lowest BCUT2D eigenvalue weighted by molar-refractivity contribution is -0.126. The molecule has 0 aliphatic carbocycles. The van der Waals surface area contributed by atoms with Crippen molar-refractivity contribution in [2.45, 2.75) is 24.3 Å². The van der Waals surface area contributed by atoms with Crippen molar-refractivity contribution in [2.75, 3.05) is 27.3 Å². The van der Waals surface area contributed by atoms with Crippen molar-refractivity contribution in [3.05, 3.63) is 53.1 Å². The van der Waals surface area contributed by atoms with Gasteiger partial charge in [0.25, 0.3) is 0 Å². The zero-order valence-corrected chi connectivity index (χ0v) is 18.5. The van der Waals surface area contributed by atoms with E-state index in [1.54, 1.807) is 24.3 Å². The Kier molecular flexibility index (Phi) is 7.23. The molecule has 7 nitrogen and oxygen atoms in total. The molecule has 1 amide bonds. The van der Waals surface area contributed by atoms with E-state index in [0.717, 1.165) is 5.56 Å². The normalized spacial score (nSPS) is 17.4. The molecule has 0 saturated carbocycles. The van der Waals surface area contributed by atoms with E-state index in [0.29, 0.717) is 36.7 Å². The Morgan fingerprint density at radius 1 is 1.17 bits per heavy atom. The molecule has 1 aliphatic rings. The van der Waals surface area contributed by atoms with E-state index in [2.05, 4.69) is 5.32 Å². The van der Waals surface area contributed by atoms with E-state index in [-0.39, 0.29) is 23.1 Å². The Labute approximate surface area is 182 Å². The van der Waals surface area contributed by atoms with Crippen LogP contribution in [-0.2, 0) is 21.4 Å². The molecule has 0 spiro atoms. The predicted molar refractivity (Wildman–Crippen MR) is 114 cm³/mol. The summed E-state index contributed by atoms with van der Waals surface area (Å²) >= 11 is 5.88. The van der Waals surface area contributed by atoms with E-state index in [9.17, 15) is 13.2 Å². The maximum Gasteiger partial charge on any atom is 0.246 e. The molecule has 9 heteroatoms. The zero-order valence-electron chi connectivity index (χ0n) is 16.9. The van der Waals surface area contributed by atoms with Gasteiger partial charge in [0.2, 0.25) is 15.9 Å². The summed E-state index contributed by atoms with van der Waals surface area (Å²) in [7, 11) is -0.949. The Morgan fingerprint density at radius 2 is 1.90 bits per heavy atom. The molecule has 0 radical (unpaired) electrons. The van der Waals surface area contributed by atoms with Gasteiger partial charge in [0.15, 0.2) is 0 Å². The van der Waals surface area contributed by atoms with Crippen molar-refractivity contribution >= 4 is 27.5 Å². The number of amides is 1. The van der Waals surface area contributed by atoms with Crippen LogP contribution < -0.4 is 14.8 Å². The van der Waals surface area contributed by atoms with Crippen LogP contribution in [0.5, 0.6) is 11.5 Å². The molecule has 0 unspecified atom stereocenters. The summed E-state index contributed by atoms with van der Waals surface area (Å²) in [6, 6.07) is 11.9. The van der Waals surface area contributed by atoms with Crippen LogP contribution in [0.2, 0.25) is 5.02 Å². The minimum Gasteiger partial charge on any atom is -0.497 e. The highest BCUT2D eigenvalue weighted by Gasteiger charge is 2.35. The maximum absolute atomic E-state index is 13.3. The van der Waals surface area contributed by atoms with Gasteiger partial charge in [-0.05, 0) is 42.7 Å². The molecular weight excluding hydrogens is 428 g/mol. The number of carbonyl (C=O) groups is 1. The van der Waals surface area contributed by atoms with Gasteiger partial charge in [0, 0.05) is 30.7 Å².